The number of carbonyl (C=O) groups is 2. The summed E-state index contributed by atoms with van der Waals surface area (Å²) in [6.45, 7) is 2.16. The maximum Gasteiger partial charge on any atom is 0.264 e. The fourth-order valence-corrected chi connectivity index (χ4v) is 1.33. The van der Waals surface area contributed by atoms with E-state index in [4.69, 9.17) is 16.3 Å². The van der Waals surface area contributed by atoms with Crippen molar-refractivity contribution in [1.82, 2.24) is 10.9 Å². The Hall–Kier alpha value is -1.59. The molecule has 18 heavy (non-hydrogen) atoms. The Morgan fingerprint density at radius 3 is 2.39 bits per heavy atom. The van der Waals surface area contributed by atoms with Crippen LogP contribution in [0.15, 0.2) is 24.3 Å². The van der Waals surface area contributed by atoms with Gasteiger partial charge in [0.2, 0.25) is 5.91 Å². The second-order valence-corrected chi connectivity index (χ2v) is 3.97. The molecule has 0 bridgehead atoms. The van der Waals surface area contributed by atoms with Gasteiger partial charge >= 0.3 is 0 Å². The van der Waals surface area contributed by atoms with Crippen molar-refractivity contribution in [2.45, 2.75) is 13.3 Å². The average Bonchev–Trinajstić information content (AvgIpc) is 2.36. The normalized spacial score (nSPS) is 9.89. The zero-order valence-electron chi connectivity index (χ0n) is 10.0. The van der Waals surface area contributed by atoms with Crippen molar-refractivity contribution in [3.8, 4) is 0 Å². The van der Waals surface area contributed by atoms with E-state index in [1.807, 2.05) is 0 Å². The van der Waals surface area contributed by atoms with E-state index in [1.54, 1.807) is 31.2 Å². The monoisotopic (exact) mass is 270 g/mol. The molecule has 2 N–H and O–H groups in total. The molecular formula is C12H15ClN2O3. The van der Waals surface area contributed by atoms with Crippen LogP contribution < -0.4 is 10.9 Å². The Labute approximate surface area is 110 Å². The Balaban J connectivity index is 2.29. The lowest BCUT2D eigenvalue weighted by Gasteiger charge is -2.07. The largest absolute Gasteiger partial charge is 0.372 e. The maximum absolute atomic E-state index is 11.5. The Morgan fingerprint density at radius 2 is 1.78 bits per heavy atom. The standard InChI is InChI=1S/C12H15ClN2O3/c1-2-18-8-12(17)15-14-11(16)7-9-3-5-10(13)6-4-9/h3-6H,2,7-8H2,1H3,(H,14,16)(H,15,17). The topological polar surface area (TPSA) is 67.4 Å². The van der Waals surface area contributed by atoms with Gasteiger partial charge < -0.3 is 4.74 Å². The van der Waals surface area contributed by atoms with Crippen LogP contribution in [-0.2, 0) is 20.7 Å². The SMILES string of the molecule is CCOCC(=O)NNC(=O)Cc1ccc(Cl)cc1. The summed E-state index contributed by atoms with van der Waals surface area (Å²) in [5, 5.41) is 0.615. The van der Waals surface area contributed by atoms with Crippen LogP contribution >= 0.6 is 11.6 Å². The van der Waals surface area contributed by atoms with Gasteiger partial charge in [-0.2, -0.15) is 0 Å². The lowest BCUT2D eigenvalue weighted by Crippen LogP contribution is -2.44. The van der Waals surface area contributed by atoms with E-state index in [9.17, 15) is 9.59 Å². The predicted octanol–water partition coefficient (Wildman–Crippen LogP) is 1.07. The highest BCUT2D eigenvalue weighted by Gasteiger charge is 2.05. The maximum atomic E-state index is 11.5. The first kappa shape index (κ1) is 14.5. The molecule has 1 aromatic rings. The Morgan fingerprint density at radius 1 is 1.17 bits per heavy atom. The molecule has 0 aliphatic rings. The minimum Gasteiger partial charge on any atom is -0.372 e. The molecular weight excluding hydrogens is 256 g/mol. The first-order valence-electron chi connectivity index (χ1n) is 5.51. The summed E-state index contributed by atoms with van der Waals surface area (Å²) in [6, 6.07) is 6.92. The number of carbonyl (C=O) groups excluding carboxylic acids is 2. The van der Waals surface area contributed by atoms with Crippen LogP contribution in [0.4, 0.5) is 0 Å². The summed E-state index contributed by atoms with van der Waals surface area (Å²) in [7, 11) is 0. The quantitative estimate of drug-likeness (QED) is 0.787. The molecule has 6 heteroatoms. The number of amides is 2. The lowest BCUT2D eigenvalue weighted by atomic mass is 10.1. The van der Waals surface area contributed by atoms with E-state index in [0.29, 0.717) is 11.6 Å². The third kappa shape index (κ3) is 5.65. The first-order chi connectivity index (χ1) is 8.61. The van der Waals surface area contributed by atoms with Crippen molar-refractivity contribution in [2.75, 3.05) is 13.2 Å². The van der Waals surface area contributed by atoms with Crippen molar-refractivity contribution in [3.05, 3.63) is 34.9 Å². The van der Waals surface area contributed by atoms with Crippen LogP contribution in [0.5, 0.6) is 0 Å². The highest BCUT2D eigenvalue weighted by molar-refractivity contribution is 6.30. The van der Waals surface area contributed by atoms with E-state index in [2.05, 4.69) is 10.9 Å². The van der Waals surface area contributed by atoms with Gasteiger partial charge in [0.15, 0.2) is 0 Å². The molecule has 0 atom stereocenters. The van der Waals surface area contributed by atoms with Gasteiger partial charge in [0.05, 0.1) is 6.42 Å². The zero-order valence-corrected chi connectivity index (χ0v) is 10.8. The number of rotatable bonds is 5. The first-order valence-corrected chi connectivity index (χ1v) is 5.89. The molecule has 1 aromatic carbocycles. The molecule has 0 aromatic heterocycles. The minimum absolute atomic E-state index is 0.0717. The van der Waals surface area contributed by atoms with Gasteiger partial charge in [-0.3, -0.25) is 20.4 Å². The second-order valence-electron chi connectivity index (χ2n) is 3.54. The summed E-state index contributed by atoms with van der Waals surface area (Å²) in [5.74, 6) is -0.691. The number of benzene rings is 1. The molecule has 0 unspecified atom stereocenters. The fourth-order valence-electron chi connectivity index (χ4n) is 1.20. The van der Waals surface area contributed by atoms with Crippen LogP contribution in [-0.4, -0.2) is 25.0 Å². The predicted molar refractivity (Wildman–Crippen MR) is 67.9 cm³/mol. The van der Waals surface area contributed by atoms with Crippen molar-refractivity contribution in [2.24, 2.45) is 0 Å². The molecule has 0 saturated carbocycles. The smallest absolute Gasteiger partial charge is 0.264 e. The number of nitrogens with one attached hydrogen (secondary N) is 2. The molecule has 5 nitrogen and oxygen atoms in total. The van der Waals surface area contributed by atoms with Gasteiger partial charge in [-0.05, 0) is 24.6 Å². The molecule has 1 rings (SSSR count). The van der Waals surface area contributed by atoms with Crippen molar-refractivity contribution < 1.29 is 14.3 Å². The van der Waals surface area contributed by atoms with Crippen molar-refractivity contribution >= 4 is 23.4 Å². The van der Waals surface area contributed by atoms with E-state index in [0.717, 1.165) is 5.56 Å². The minimum atomic E-state index is -0.388. The number of hydrogen-bond acceptors (Lipinski definition) is 3. The molecule has 2 amide bonds. The van der Waals surface area contributed by atoms with Crippen molar-refractivity contribution in [3.63, 3.8) is 0 Å². The highest BCUT2D eigenvalue weighted by atomic mass is 35.5. The van der Waals surface area contributed by atoms with Gasteiger partial charge in [-0.1, -0.05) is 23.7 Å². The summed E-state index contributed by atoms with van der Waals surface area (Å²) in [4.78, 5) is 22.6. The van der Waals surface area contributed by atoms with Gasteiger partial charge in [0.1, 0.15) is 6.61 Å². The molecule has 0 heterocycles. The van der Waals surface area contributed by atoms with Crippen LogP contribution in [0.25, 0.3) is 0 Å². The van der Waals surface area contributed by atoms with E-state index in [1.165, 1.54) is 0 Å². The second kappa shape index (κ2) is 7.68. The van der Waals surface area contributed by atoms with E-state index < -0.39 is 0 Å². The molecule has 0 spiro atoms. The fraction of sp³-hybridized carbons (Fsp3) is 0.333. The third-order valence-corrected chi connectivity index (χ3v) is 2.31. The number of hydrogen-bond donors (Lipinski definition) is 2. The number of halogens is 1. The van der Waals surface area contributed by atoms with Crippen LogP contribution in [0.3, 0.4) is 0 Å². The highest BCUT2D eigenvalue weighted by Crippen LogP contribution is 2.09. The number of hydrazine groups is 1. The van der Waals surface area contributed by atoms with Crippen molar-refractivity contribution in [1.29, 1.82) is 0 Å². The molecule has 98 valence electrons. The zero-order chi connectivity index (χ0) is 13.4. The lowest BCUT2D eigenvalue weighted by molar-refractivity contribution is -0.131. The van der Waals surface area contributed by atoms with Crippen LogP contribution in [0, 0.1) is 0 Å². The summed E-state index contributed by atoms with van der Waals surface area (Å²) >= 11 is 5.73. The molecule has 0 aliphatic heterocycles. The molecule has 0 aliphatic carbocycles. The summed E-state index contributed by atoms with van der Waals surface area (Å²) < 4.78 is 4.88. The van der Waals surface area contributed by atoms with E-state index >= 15 is 0 Å². The van der Waals surface area contributed by atoms with Gasteiger partial charge in [0, 0.05) is 11.6 Å². The molecule has 0 radical (unpaired) electrons. The number of ether oxygens (including phenoxy) is 1. The van der Waals surface area contributed by atoms with Gasteiger partial charge in [-0.15, -0.1) is 0 Å². The van der Waals surface area contributed by atoms with Crippen LogP contribution in [0.1, 0.15) is 12.5 Å². The molecule has 0 saturated heterocycles. The Kier molecular flexibility index (Phi) is 6.18. The van der Waals surface area contributed by atoms with Gasteiger partial charge in [0.25, 0.3) is 5.91 Å². The van der Waals surface area contributed by atoms with Gasteiger partial charge in [-0.25, -0.2) is 0 Å². The summed E-state index contributed by atoms with van der Waals surface area (Å²) in [5.41, 5.74) is 5.38. The van der Waals surface area contributed by atoms with E-state index in [-0.39, 0.29) is 24.8 Å². The summed E-state index contributed by atoms with van der Waals surface area (Å²) in [6.07, 6.45) is 0.173. The van der Waals surface area contributed by atoms with Crippen LogP contribution in [0.2, 0.25) is 5.02 Å². The Bertz CT molecular complexity index is 406. The average molecular weight is 271 g/mol. The molecule has 0 fully saturated rings. The third-order valence-electron chi connectivity index (χ3n) is 2.06.